The summed E-state index contributed by atoms with van der Waals surface area (Å²) < 4.78 is 11.1. The zero-order chi connectivity index (χ0) is 16.7. The largest absolute Gasteiger partial charge is 0.495 e. The van der Waals surface area contributed by atoms with Gasteiger partial charge in [-0.3, -0.25) is 0 Å². The lowest BCUT2D eigenvalue weighted by atomic mass is 9.78. The van der Waals surface area contributed by atoms with Gasteiger partial charge in [0, 0.05) is 11.8 Å². The van der Waals surface area contributed by atoms with Crippen molar-refractivity contribution in [1.29, 1.82) is 0 Å². The molecule has 0 amide bonds. The molecular formula is C15H22O8. The molecule has 6 N–H and O–H groups in total. The Balaban J connectivity index is 1.88. The monoisotopic (exact) mass is 330 g/mol. The van der Waals surface area contributed by atoms with Crippen molar-refractivity contribution < 1.29 is 40.1 Å². The van der Waals surface area contributed by atoms with Crippen LogP contribution in [0.5, 0.6) is 0 Å². The lowest BCUT2D eigenvalue weighted by molar-refractivity contribution is -0.255. The van der Waals surface area contributed by atoms with E-state index < -0.39 is 55.3 Å². The molecule has 1 saturated heterocycles. The van der Waals surface area contributed by atoms with Gasteiger partial charge in [0.05, 0.1) is 25.6 Å². The molecule has 3 rings (SSSR count). The summed E-state index contributed by atoms with van der Waals surface area (Å²) in [4.78, 5) is 0. The quantitative estimate of drug-likeness (QED) is 0.307. The molecule has 9 unspecified atom stereocenters. The summed E-state index contributed by atoms with van der Waals surface area (Å²) in [5.74, 6) is -0.760. The van der Waals surface area contributed by atoms with Crippen molar-refractivity contribution in [2.24, 2.45) is 11.8 Å². The third-order valence-corrected chi connectivity index (χ3v) is 4.95. The SMILES string of the molecule is OCC1=CC(O)C2C=COC(C3OC(CO)C(O)C(O)C3O)C12. The molecule has 3 aliphatic rings. The molecule has 23 heavy (non-hydrogen) atoms. The van der Waals surface area contributed by atoms with Gasteiger partial charge in [-0.1, -0.05) is 6.08 Å². The van der Waals surface area contributed by atoms with Crippen molar-refractivity contribution in [1.82, 2.24) is 0 Å². The summed E-state index contributed by atoms with van der Waals surface area (Å²) >= 11 is 0. The third-order valence-electron chi connectivity index (χ3n) is 4.95. The average molecular weight is 330 g/mol. The number of aliphatic hydroxyl groups excluding tert-OH is 6. The summed E-state index contributed by atoms with van der Waals surface area (Å²) in [5, 5.41) is 58.9. The third kappa shape index (κ3) is 2.70. The Morgan fingerprint density at radius 2 is 1.70 bits per heavy atom. The topological polar surface area (TPSA) is 140 Å². The zero-order valence-electron chi connectivity index (χ0n) is 12.3. The summed E-state index contributed by atoms with van der Waals surface area (Å²) in [6.07, 6.45) is -3.35. The van der Waals surface area contributed by atoms with Crippen molar-refractivity contribution in [3.63, 3.8) is 0 Å². The molecule has 0 aromatic carbocycles. The molecule has 8 heteroatoms. The van der Waals surface area contributed by atoms with Crippen molar-refractivity contribution in [3.8, 4) is 0 Å². The highest BCUT2D eigenvalue weighted by atomic mass is 16.6. The lowest BCUT2D eigenvalue weighted by Crippen LogP contribution is -2.63. The summed E-state index contributed by atoms with van der Waals surface area (Å²) in [6, 6.07) is 0. The van der Waals surface area contributed by atoms with Gasteiger partial charge >= 0.3 is 0 Å². The number of hydrogen-bond donors (Lipinski definition) is 6. The maximum absolute atomic E-state index is 10.3. The van der Waals surface area contributed by atoms with Gasteiger partial charge in [-0.2, -0.15) is 0 Å². The molecule has 2 aliphatic heterocycles. The molecule has 0 saturated carbocycles. The van der Waals surface area contributed by atoms with E-state index in [4.69, 9.17) is 9.47 Å². The van der Waals surface area contributed by atoms with Gasteiger partial charge in [0.2, 0.25) is 0 Å². The second-order valence-electron chi connectivity index (χ2n) is 6.22. The van der Waals surface area contributed by atoms with Crippen LogP contribution in [0, 0.1) is 11.8 Å². The minimum Gasteiger partial charge on any atom is -0.495 e. The Morgan fingerprint density at radius 1 is 0.957 bits per heavy atom. The fourth-order valence-corrected chi connectivity index (χ4v) is 3.72. The highest BCUT2D eigenvalue weighted by Gasteiger charge is 2.53. The van der Waals surface area contributed by atoms with E-state index >= 15 is 0 Å². The maximum Gasteiger partial charge on any atom is 0.134 e. The fourth-order valence-electron chi connectivity index (χ4n) is 3.72. The first-order chi connectivity index (χ1) is 11.0. The molecule has 0 aromatic rings. The number of rotatable bonds is 3. The van der Waals surface area contributed by atoms with E-state index in [-0.39, 0.29) is 12.5 Å². The summed E-state index contributed by atoms with van der Waals surface area (Å²) in [7, 11) is 0. The highest BCUT2D eigenvalue weighted by Crippen LogP contribution is 2.42. The molecule has 0 spiro atoms. The Hall–Kier alpha value is -1.00. The van der Waals surface area contributed by atoms with E-state index in [1.165, 1.54) is 6.26 Å². The molecule has 130 valence electrons. The van der Waals surface area contributed by atoms with E-state index in [9.17, 15) is 30.6 Å². The molecule has 9 atom stereocenters. The Labute approximate surface area is 132 Å². The van der Waals surface area contributed by atoms with E-state index in [2.05, 4.69) is 0 Å². The van der Waals surface area contributed by atoms with E-state index in [0.717, 1.165) is 0 Å². The van der Waals surface area contributed by atoms with Crippen LogP contribution in [-0.4, -0.2) is 86.6 Å². The van der Waals surface area contributed by atoms with Crippen LogP contribution in [-0.2, 0) is 9.47 Å². The first kappa shape index (κ1) is 16.8. The van der Waals surface area contributed by atoms with E-state index in [1.54, 1.807) is 12.2 Å². The van der Waals surface area contributed by atoms with Crippen LogP contribution in [0.2, 0.25) is 0 Å². The predicted molar refractivity (Wildman–Crippen MR) is 75.9 cm³/mol. The van der Waals surface area contributed by atoms with Gasteiger partial charge in [0.25, 0.3) is 0 Å². The van der Waals surface area contributed by atoms with Crippen LogP contribution >= 0.6 is 0 Å². The number of aliphatic hydroxyl groups is 6. The maximum atomic E-state index is 10.3. The molecular weight excluding hydrogens is 308 g/mol. The standard InChI is InChI=1S/C15H22O8/c16-4-6-3-8(18)7-1-2-22-14(10(6)7)15-13(21)12(20)11(19)9(5-17)23-15/h1-3,7-21H,4-5H2. The van der Waals surface area contributed by atoms with Crippen LogP contribution in [0.25, 0.3) is 0 Å². The number of ether oxygens (including phenoxy) is 2. The van der Waals surface area contributed by atoms with E-state index in [1.807, 2.05) is 0 Å². The molecule has 0 bridgehead atoms. The van der Waals surface area contributed by atoms with Gasteiger partial charge in [-0.05, 0) is 11.6 Å². The zero-order valence-corrected chi connectivity index (χ0v) is 12.3. The van der Waals surface area contributed by atoms with Crippen molar-refractivity contribution in [2.45, 2.75) is 42.7 Å². The fraction of sp³-hybridized carbons (Fsp3) is 0.733. The highest BCUT2D eigenvalue weighted by molar-refractivity contribution is 5.27. The lowest BCUT2D eigenvalue weighted by Gasteiger charge is -2.46. The number of hydrogen-bond acceptors (Lipinski definition) is 8. The second kappa shape index (κ2) is 6.48. The van der Waals surface area contributed by atoms with Crippen molar-refractivity contribution in [2.75, 3.05) is 13.2 Å². The molecule has 0 radical (unpaired) electrons. The van der Waals surface area contributed by atoms with Crippen LogP contribution < -0.4 is 0 Å². The molecule has 8 nitrogen and oxygen atoms in total. The van der Waals surface area contributed by atoms with Gasteiger partial charge in [-0.25, -0.2) is 0 Å². The molecule has 2 heterocycles. The van der Waals surface area contributed by atoms with Crippen LogP contribution in [0.1, 0.15) is 0 Å². The van der Waals surface area contributed by atoms with Gasteiger partial charge < -0.3 is 40.1 Å². The Bertz CT molecular complexity index is 490. The van der Waals surface area contributed by atoms with Crippen LogP contribution in [0.15, 0.2) is 24.0 Å². The van der Waals surface area contributed by atoms with E-state index in [0.29, 0.717) is 5.57 Å². The predicted octanol–water partition coefficient (Wildman–Crippen LogP) is -2.73. The van der Waals surface area contributed by atoms with Gasteiger partial charge in [-0.15, -0.1) is 0 Å². The molecule has 1 fully saturated rings. The molecule has 0 aromatic heterocycles. The smallest absolute Gasteiger partial charge is 0.134 e. The summed E-state index contributed by atoms with van der Waals surface area (Å²) in [5.41, 5.74) is 0.564. The number of fused-ring (bicyclic) bond motifs is 1. The average Bonchev–Trinajstić information content (AvgIpc) is 2.90. The second-order valence-corrected chi connectivity index (χ2v) is 6.22. The first-order valence-electron chi connectivity index (χ1n) is 7.61. The minimum atomic E-state index is -1.49. The Morgan fingerprint density at radius 3 is 2.35 bits per heavy atom. The Kier molecular flexibility index (Phi) is 4.75. The van der Waals surface area contributed by atoms with Gasteiger partial charge in [0.1, 0.15) is 36.6 Å². The summed E-state index contributed by atoms with van der Waals surface area (Å²) in [6.45, 7) is -0.799. The van der Waals surface area contributed by atoms with Crippen LogP contribution in [0.3, 0.4) is 0 Å². The molecule has 1 aliphatic carbocycles. The normalized spacial score (nSPS) is 49.5. The van der Waals surface area contributed by atoms with Crippen molar-refractivity contribution in [3.05, 3.63) is 24.0 Å². The van der Waals surface area contributed by atoms with Gasteiger partial charge in [0.15, 0.2) is 0 Å². The van der Waals surface area contributed by atoms with Crippen LogP contribution in [0.4, 0.5) is 0 Å². The minimum absolute atomic E-state index is 0.274. The van der Waals surface area contributed by atoms with Crippen molar-refractivity contribution >= 4 is 0 Å². The first-order valence-corrected chi connectivity index (χ1v) is 7.61.